The molecule has 8 heteroatoms. The van der Waals surface area contributed by atoms with Gasteiger partial charge in [-0.25, -0.2) is 13.1 Å². The van der Waals surface area contributed by atoms with Crippen LogP contribution >= 0.6 is 15.9 Å². The van der Waals surface area contributed by atoms with Crippen LogP contribution in [0.25, 0.3) is 0 Å². The Morgan fingerprint density at radius 2 is 2.42 bits per heavy atom. The molecule has 12 heavy (non-hydrogen) atoms. The van der Waals surface area contributed by atoms with E-state index in [1.165, 1.54) is 11.0 Å². The lowest BCUT2D eigenvalue weighted by molar-refractivity contribution is 0.605. The van der Waals surface area contributed by atoms with Gasteiger partial charge >= 0.3 is 0 Å². The van der Waals surface area contributed by atoms with Crippen LogP contribution in [-0.4, -0.2) is 27.8 Å². The topological polar surface area (TPSA) is 76.9 Å². The molecule has 0 saturated heterocycles. The number of halogens is 1. The Morgan fingerprint density at radius 1 is 1.75 bits per heavy atom. The van der Waals surface area contributed by atoms with Crippen LogP contribution in [0.3, 0.4) is 0 Å². The van der Waals surface area contributed by atoms with E-state index in [4.69, 9.17) is 0 Å². The zero-order valence-corrected chi connectivity index (χ0v) is 8.63. The van der Waals surface area contributed by atoms with Crippen LogP contribution in [0.2, 0.25) is 0 Å². The summed E-state index contributed by atoms with van der Waals surface area (Å²) >= 11 is 2.83. The third-order valence-corrected chi connectivity index (χ3v) is 3.69. The number of rotatable bonds is 3. The summed E-state index contributed by atoms with van der Waals surface area (Å²) in [4.78, 5) is 3.69. The van der Waals surface area contributed by atoms with Crippen LogP contribution in [0.1, 0.15) is 0 Å². The van der Waals surface area contributed by atoms with Gasteiger partial charge in [0.2, 0.25) is 16.0 Å². The average Bonchev–Trinajstić information content (AvgIpc) is 2.36. The van der Waals surface area contributed by atoms with Gasteiger partial charge < -0.3 is 0 Å². The van der Waals surface area contributed by atoms with Crippen molar-refractivity contribution >= 4 is 31.9 Å². The third kappa shape index (κ3) is 2.18. The van der Waals surface area contributed by atoms with Gasteiger partial charge in [-0.05, 0) is 0 Å². The van der Waals surface area contributed by atoms with Gasteiger partial charge in [0, 0.05) is 7.05 Å². The van der Waals surface area contributed by atoms with Crippen molar-refractivity contribution in [1.82, 2.24) is 14.8 Å². The third-order valence-electron chi connectivity index (χ3n) is 1.10. The highest BCUT2D eigenvalue weighted by Gasteiger charge is 2.10. The number of hydrogen-bond donors (Lipinski definition) is 1. The van der Waals surface area contributed by atoms with Gasteiger partial charge in [0.05, 0.1) is 0 Å². The number of nitrogens with one attached hydrogen (secondary N) is 1. The molecule has 68 valence electrons. The van der Waals surface area contributed by atoms with Crippen LogP contribution in [0.5, 0.6) is 0 Å². The lowest BCUT2D eigenvalue weighted by Crippen LogP contribution is -2.16. The van der Waals surface area contributed by atoms with Crippen molar-refractivity contribution in [2.75, 3.05) is 9.38 Å². The molecule has 1 rings (SSSR count). The molecule has 0 aliphatic carbocycles. The molecule has 1 N–H and O–H groups in total. The summed E-state index contributed by atoms with van der Waals surface area (Å²) < 4.78 is 25.4. The van der Waals surface area contributed by atoms with E-state index in [0.717, 1.165) is 0 Å². The zero-order chi connectivity index (χ0) is 9.19. The molecule has 0 unspecified atom stereocenters. The minimum Gasteiger partial charge on any atom is -0.251 e. The number of sulfonamides is 1. The Balaban J connectivity index is 2.84. The molecule has 0 aromatic carbocycles. The van der Waals surface area contributed by atoms with E-state index in [2.05, 4.69) is 30.7 Å². The van der Waals surface area contributed by atoms with Crippen LogP contribution in [0, 0.1) is 0 Å². The summed E-state index contributed by atoms with van der Waals surface area (Å²) in [6, 6.07) is 0. The highest BCUT2D eigenvalue weighted by atomic mass is 79.9. The van der Waals surface area contributed by atoms with Gasteiger partial charge in [-0.15, -0.1) is 0 Å². The first-order valence-electron chi connectivity index (χ1n) is 2.95. The standard InChI is InChI=1S/C4H7BrN4O2S/c1-9-4(6-3-7-9)8-12(10,11)2-5/h3H,2H2,1H3,(H,6,7,8). The summed E-state index contributed by atoms with van der Waals surface area (Å²) in [7, 11) is -1.73. The minimum atomic E-state index is -3.32. The largest absolute Gasteiger partial charge is 0.251 e. The second-order valence-electron chi connectivity index (χ2n) is 2.03. The van der Waals surface area contributed by atoms with Gasteiger partial charge in [-0.2, -0.15) is 10.1 Å². The highest BCUT2D eigenvalue weighted by molar-refractivity contribution is 9.10. The fourth-order valence-corrected chi connectivity index (χ4v) is 1.42. The Hall–Kier alpha value is -0.630. The fraction of sp³-hybridized carbons (Fsp3) is 0.500. The molecule has 0 radical (unpaired) electrons. The predicted octanol–water partition coefficient (Wildman–Crippen LogP) is -0.0908. The lowest BCUT2D eigenvalue weighted by atomic mass is 11.0. The second kappa shape index (κ2) is 3.40. The Kier molecular flexibility index (Phi) is 2.68. The molecular formula is C4H7BrN4O2S. The lowest BCUT2D eigenvalue weighted by Gasteiger charge is -2.02. The first-order chi connectivity index (χ1) is 5.55. The predicted molar refractivity (Wildman–Crippen MR) is 47.3 cm³/mol. The van der Waals surface area contributed by atoms with E-state index in [1.807, 2.05) is 0 Å². The molecule has 0 spiro atoms. The Morgan fingerprint density at radius 3 is 2.83 bits per heavy atom. The monoisotopic (exact) mass is 254 g/mol. The number of nitrogens with zero attached hydrogens (tertiary/aromatic N) is 3. The molecule has 1 aromatic heterocycles. The molecule has 0 amide bonds. The van der Waals surface area contributed by atoms with E-state index in [-0.39, 0.29) is 10.6 Å². The maximum atomic E-state index is 11.0. The van der Waals surface area contributed by atoms with E-state index in [9.17, 15) is 8.42 Å². The summed E-state index contributed by atoms with van der Waals surface area (Å²) in [6.07, 6.45) is 1.27. The van der Waals surface area contributed by atoms with Crippen molar-refractivity contribution < 1.29 is 8.42 Å². The van der Waals surface area contributed by atoms with Crippen molar-refractivity contribution in [3.05, 3.63) is 6.33 Å². The molecule has 0 fully saturated rings. The van der Waals surface area contributed by atoms with E-state index in [1.54, 1.807) is 7.05 Å². The molecule has 1 heterocycles. The molecular weight excluding hydrogens is 248 g/mol. The first kappa shape index (κ1) is 9.46. The van der Waals surface area contributed by atoms with Crippen molar-refractivity contribution in [3.63, 3.8) is 0 Å². The molecule has 0 aliphatic heterocycles. The number of hydrogen-bond acceptors (Lipinski definition) is 4. The second-order valence-corrected chi connectivity index (χ2v) is 5.06. The van der Waals surface area contributed by atoms with E-state index >= 15 is 0 Å². The van der Waals surface area contributed by atoms with Gasteiger partial charge in [0.1, 0.15) is 11.0 Å². The number of anilines is 1. The van der Waals surface area contributed by atoms with Crippen molar-refractivity contribution in [2.45, 2.75) is 0 Å². The number of aryl methyl sites for hydroxylation is 1. The van der Waals surface area contributed by atoms with Crippen LogP contribution in [-0.2, 0) is 17.1 Å². The molecule has 0 aliphatic rings. The molecule has 0 bridgehead atoms. The Bertz CT molecular complexity index is 359. The first-order valence-corrected chi connectivity index (χ1v) is 5.73. The van der Waals surface area contributed by atoms with Gasteiger partial charge in [0.25, 0.3) is 0 Å². The van der Waals surface area contributed by atoms with Crippen LogP contribution < -0.4 is 4.72 Å². The smallest absolute Gasteiger partial charge is 0.245 e. The van der Waals surface area contributed by atoms with Gasteiger partial charge in [-0.3, -0.25) is 4.72 Å². The van der Waals surface area contributed by atoms with Crippen molar-refractivity contribution in [1.29, 1.82) is 0 Å². The van der Waals surface area contributed by atoms with Crippen molar-refractivity contribution in [3.8, 4) is 0 Å². The number of aromatic nitrogens is 3. The van der Waals surface area contributed by atoms with E-state index in [0.29, 0.717) is 0 Å². The summed E-state index contributed by atoms with van der Waals surface area (Å²) in [6.45, 7) is 0. The normalized spacial score (nSPS) is 11.5. The van der Waals surface area contributed by atoms with Gasteiger partial charge in [0.15, 0.2) is 0 Å². The molecule has 6 nitrogen and oxygen atoms in total. The number of alkyl halides is 1. The maximum Gasteiger partial charge on any atom is 0.245 e. The minimum absolute atomic E-state index is 0.160. The quantitative estimate of drug-likeness (QED) is 0.766. The summed E-state index contributed by atoms with van der Waals surface area (Å²) in [5, 5.41) is 3.70. The van der Waals surface area contributed by atoms with Crippen molar-refractivity contribution in [2.24, 2.45) is 7.05 Å². The Labute approximate surface area is 78.2 Å². The van der Waals surface area contributed by atoms with Crippen LogP contribution in [0.15, 0.2) is 6.33 Å². The molecule has 0 atom stereocenters. The summed E-state index contributed by atoms with van der Waals surface area (Å²) in [5.74, 6) is 0.203. The van der Waals surface area contributed by atoms with Crippen LogP contribution in [0.4, 0.5) is 5.95 Å². The molecule has 1 aromatic rings. The highest BCUT2D eigenvalue weighted by Crippen LogP contribution is 2.03. The SMILES string of the molecule is Cn1ncnc1NS(=O)(=O)CBr. The summed E-state index contributed by atoms with van der Waals surface area (Å²) in [5.41, 5.74) is 0. The maximum absolute atomic E-state index is 11.0. The fourth-order valence-electron chi connectivity index (χ4n) is 0.555. The van der Waals surface area contributed by atoms with E-state index < -0.39 is 10.0 Å². The van der Waals surface area contributed by atoms with Gasteiger partial charge in [-0.1, -0.05) is 15.9 Å². The zero-order valence-electron chi connectivity index (χ0n) is 6.23. The molecule has 0 saturated carbocycles. The average molecular weight is 255 g/mol.